The first-order valence-electron chi connectivity index (χ1n) is 7.55. The number of amides is 1. The number of ether oxygens (including phenoxy) is 1. The average molecular weight is 294 g/mol. The molecular formula is C16H23FN2O2. The predicted octanol–water partition coefficient (Wildman–Crippen LogP) is 2.12. The minimum absolute atomic E-state index is 0.0585. The Balaban J connectivity index is 1.83. The molecule has 0 aliphatic carbocycles. The normalized spacial score (nSPS) is 19.4. The third kappa shape index (κ3) is 5.10. The van der Waals surface area contributed by atoms with Crippen molar-refractivity contribution in [1.82, 2.24) is 10.2 Å². The fourth-order valence-electron chi connectivity index (χ4n) is 2.39. The van der Waals surface area contributed by atoms with E-state index in [1.165, 1.54) is 12.1 Å². The third-order valence-corrected chi connectivity index (χ3v) is 3.61. The van der Waals surface area contributed by atoms with Gasteiger partial charge in [-0.25, -0.2) is 4.39 Å². The molecule has 1 aliphatic heterocycles. The maximum absolute atomic E-state index is 12.9. The van der Waals surface area contributed by atoms with E-state index in [0.29, 0.717) is 19.7 Å². The molecule has 0 spiro atoms. The molecule has 5 heteroatoms. The molecule has 116 valence electrons. The molecule has 1 aromatic rings. The molecule has 1 aliphatic rings. The zero-order chi connectivity index (χ0) is 15.1. The van der Waals surface area contributed by atoms with Crippen molar-refractivity contribution in [2.24, 2.45) is 0 Å². The van der Waals surface area contributed by atoms with Crippen molar-refractivity contribution in [1.29, 1.82) is 0 Å². The van der Waals surface area contributed by atoms with E-state index in [1.807, 2.05) is 0 Å². The smallest absolute Gasteiger partial charge is 0.234 e. The molecule has 0 radical (unpaired) electrons. The van der Waals surface area contributed by atoms with Crippen molar-refractivity contribution in [3.63, 3.8) is 0 Å². The number of hydrogen-bond acceptors (Lipinski definition) is 3. The Bertz CT molecular complexity index is 450. The Morgan fingerprint density at radius 2 is 2.19 bits per heavy atom. The van der Waals surface area contributed by atoms with Crippen molar-refractivity contribution < 1.29 is 13.9 Å². The highest BCUT2D eigenvalue weighted by atomic mass is 19.1. The van der Waals surface area contributed by atoms with Crippen molar-refractivity contribution in [2.75, 3.05) is 32.8 Å². The van der Waals surface area contributed by atoms with Crippen molar-refractivity contribution in [2.45, 2.75) is 25.9 Å². The van der Waals surface area contributed by atoms with Gasteiger partial charge in [-0.3, -0.25) is 9.69 Å². The van der Waals surface area contributed by atoms with Gasteiger partial charge >= 0.3 is 0 Å². The van der Waals surface area contributed by atoms with Crippen LogP contribution in [0.3, 0.4) is 0 Å². The minimum Gasteiger partial charge on any atom is -0.371 e. The van der Waals surface area contributed by atoms with E-state index < -0.39 is 0 Å². The second kappa shape index (κ2) is 8.10. The molecule has 1 unspecified atom stereocenters. The summed E-state index contributed by atoms with van der Waals surface area (Å²) in [4.78, 5) is 13.9. The second-order valence-electron chi connectivity index (χ2n) is 5.35. The Morgan fingerprint density at radius 1 is 1.43 bits per heavy atom. The number of unbranched alkanes of at least 4 members (excludes halogenated alkanes) is 1. The number of halogens is 1. The molecule has 1 saturated heterocycles. The lowest BCUT2D eigenvalue weighted by molar-refractivity contribution is -0.124. The van der Waals surface area contributed by atoms with Crippen LogP contribution >= 0.6 is 0 Å². The molecule has 1 N–H and O–H groups in total. The largest absolute Gasteiger partial charge is 0.371 e. The first-order valence-corrected chi connectivity index (χ1v) is 7.55. The summed E-state index contributed by atoms with van der Waals surface area (Å²) >= 11 is 0. The maximum Gasteiger partial charge on any atom is 0.234 e. The molecule has 21 heavy (non-hydrogen) atoms. The highest BCUT2D eigenvalue weighted by molar-refractivity contribution is 5.77. The number of carbonyl (C=O) groups is 1. The van der Waals surface area contributed by atoms with Crippen molar-refractivity contribution in [3.8, 4) is 0 Å². The molecular weight excluding hydrogens is 271 g/mol. The first-order chi connectivity index (χ1) is 10.2. The summed E-state index contributed by atoms with van der Waals surface area (Å²) in [6.07, 6.45) is 1.99. The van der Waals surface area contributed by atoms with Gasteiger partial charge in [-0.1, -0.05) is 25.5 Å². The number of nitrogens with zero attached hydrogens (tertiary/aromatic N) is 1. The summed E-state index contributed by atoms with van der Waals surface area (Å²) in [6.45, 7) is 5.23. The second-order valence-corrected chi connectivity index (χ2v) is 5.35. The van der Waals surface area contributed by atoms with Gasteiger partial charge in [-0.15, -0.1) is 0 Å². The van der Waals surface area contributed by atoms with E-state index in [2.05, 4.69) is 17.1 Å². The number of nitrogens with one attached hydrogen (secondary N) is 1. The number of rotatable bonds is 6. The minimum atomic E-state index is -0.248. The van der Waals surface area contributed by atoms with Crippen LogP contribution in [-0.2, 0) is 9.53 Å². The van der Waals surface area contributed by atoms with Gasteiger partial charge in [0.15, 0.2) is 0 Å². The van der Waals surface area contributed by atoms with Crippen LogP contribution in [0.15, 0.2) is 24.3 Å². The van der Waals surface area contributed by atoms with Crippen LogP contribution in [0.25, 0.3) is 0 Å². The Hall–Kier alpha value is -1.46. The molecule has 1 atom stereocenters. The van der Waals surface area contributed by atoms with Crippen molar-refractivity contribution >= 4 is 5.91 Å². The van der Waals surface area contributed by atoms with Gasteiger partial charge in [0.2, 0.25) is 5.91 Å². The van der Waals surface area contributed by atoms with E-state index in [0.717, 1.165) is 31.5 Å². The highest BCUT2D eigenvalue weighted by Crippen LogP contribution is 2.22. The quantitative estimate of drug-likeness (QED) is 0.817. The molecule has 1 amide bonds. The summed E-state index contributed by atoms with van der Waals surface area (Å²) in [5.41, 5.74) is 0.951. The first kappa shape index (κ1) is 15.9. The van der Waals surface area contributed by atoms with E-state index in [-0.39, 0.29) is 17.8 Å². The highest BCUT2D eigenvalue weighted by Gasteiger charge is 2.23. The van der Waals surface area contributed by atoms with Crippen molar-refractivity contribution in [3.05, 3.63) is 35.6 Å². The zero-order valence-corrected chi connectivity index (χ0v) is 12.5. The summed E-state index contributed by atoms with van der Waals surface area (Å²) in [5, 5.41) is 2.92. The Morgan fingerprint density at radius 3 is 2.90 bits per heavy atom. The van der Waals surface area contributed by atoms with Crippen LogP contribution in [0.1, 0.15) is 31.4 Å². The fourth-order valence-corrected chi connectivity index (χ4v) is 2.39. The lowest BCUT2D eigenvalue weighted by Gasteiger charge is -2.32. The van der Waals surface area contributed by atoms with Crippen LogP contribution in [0.2, 0.25) is 0 Å². The number of morpholine rings is 1. The van der Waals surface area contributed by atoms with Crippen LogP contribution in [0.5, 0.6) is 0 Å². The third-order valence-electron chi connectivity index (χ3n) is 3.61. The molecule has 1 aromatic carbocycles. The van der Waals surface area contributed by atoms with Gasteiger partial charge in [0.1, 0.15) is 5.82 Å². The topological polar surface area (TPSA) is 41.6 Å². The predicted molar refractivity (Wildman–Crippen MR) is 79.5 cm³/mol. The van der Waals surface area contributed by atoms with Crippen LogP contribution < -0.4 is 5.32 Å². The average Bonchev–Trinajstić information content (AvgIpc) is 2.48. The summed E-state index contributed by atoms with van der Waals surface area (Å²) < 4.78 is 18.7. The standard InChI is InChI=1S/C16H23FN2O2/c1-2-3-8-18-16(20)12-19-9-10-21-15(11-19)13-4-6-14(17)7-5-13/h4-7,15H,2-3,8-12H2,1H3,(H,18,20). The van der Waals surface area contributed by atoms with Gasteiger partial charge in [0, 0.05) is 19.6 Å². The molecule has 4 nitrogen and oxygen atoms in total. The zero-order valence-electron chi connectivity index (χ0n) is 12.5. The van der Waals surface area contributed by atoms with Crippen LogP contribution in [-0.4, -0.2) is 43.6 Å². The van der Waals surface area contributed by atoms with Crippen LogP contribution in [0, 0.1) is 5.82 Å². The van der Waals surface area contributed by atoms with Crippen LogP contribution in [0.4, 0.5) is 4.39 Å². The molecule has 0 bridgehead atoms. The van der Waals surface area contributed by atoms with Gasteiger partial charge in [-0.05, 0) is 24.1 Å². The van der Waals surface area contributed by atoms with E-state index in [4.69, 9.17) is 4.74 Å². The SMILES string of the molecule is CCCCNC(=O)CN1CCOC(c2ccc(F)cc2)C1. The van der Waals surface area contributed by atoms with Gasteiger partial charge in [0.05, 0.1) is 19.3 Å². The Kier molecular flexibility index (Phi) is 6.14. The van der Waals surface area contributed by atoms with E-state index in [1.54, 1.807) is 12.1 Å². The summed E-state index contributed by atoms with van der Waals surface area (Å²) in [6, 6.07) is 6.36. The van der Waals surface area contributed by atoms with E-state index in [9.17, 15) is 9.18 Å². The molecule has 0 aromatic heterocycles. The lowest BCUT2D eigenvalue weighted by atomic mass is 10.1. The Labute approximate surface area is 125 Å². The monoisotopic (exact) mass is 294 g/mol. The summed E-state index contributed by atoms with van der Waals surface area (Å²) in [7, 11) is 0. The summed E-state index contributed by atoms with van der Waals surface area (Å²) in [5.74, 6) is -0.190. The fraction of sp³-hybridized carbons (Fsp3) is 0.562. The van der Waals surface area contributed by atoms with Gasteiger partial charge < -0.3 is 10.1 Å². The van der Waals surface area contributed by atoms with Gasteiger partial charge in [0.25, 0.3) is 0 Å². The maximum atomic E-state index is 12.9. The number of carbonyl (C=O) groups excluding carboxylic acids is 1. The molecule has 2 rings (SSSR count). The molecule has 0 saturated carbocycles. The number of benzene rings is 1. The van der Waals surface area contributed by atoms with Gasteiger partial charge in [-0.2, -0.15) is 0 Å². The van der Waals surface area contributed by atoms with E-state index >= 15 is 0 Å². The number of hydrogen-bond donors (Lipinski definition) is 1. The molecule has 1 heterocycles. The molecule has 1 fully saturated rings. The lowest BCUT2D eigenvalue weighted by Crippen LogP contribution is -2.44.